The Hall–Kier alpha value is -4.39. The lowest BCUT2D eigenvalue weighted by atomic mass is 10.0. The van der Waals surface area contributed by atoms with Crippen LogP contribution in [0, 0.1) is 6.92 Å². The Morgan fingerprint density at radius 2 is 1.58 bits per heavy atom. The second kappa shape index (κ2) is 9.40. The first-order chi connectivity index (χ1) is 15.9. The summed E-state index contributed by atoms with van der Waals surface area (Å²) in [6, 6.07) is 21.0. The van der Waals surface area contributed by atoms with E-state index in [2.05, 4.69) is 10.6 Å². The van der Waals surface area contributed by atoms with Gasteiger partial charge < -0.3 is 19.8 Å². The number of aryl methyl sites for hydroxylation is 1. The predicted molar refractivity (Wildman–Crippen MR) is 128 cm³/mol. The van der Waals surface area contributed by atoms with Gasteiger partial charge in [0.2, 0.25) is 11.3 Å². The number of ether oxygens (including phenoxy) is 1. The second-order valence-corrected chi connectivity index (χ2v) is 7.48. The van der Waals surface area contributed by atoms with Crippen LogP contribution in [0.5, 0.6) is 5.75 Å². The zero-order valence-electron chi connectivity index (χ0n) is 18.2. The molecule has 0 atom stereocenters. The Bertz CT molecular complexity index is 1380. The molecule has 7 nitrogen and oxygen atoms in total. The summed E-state index contributed by atoms with van der Waals surface area (Å²) in [7, 11) is 0. The summed E-state index contributed by atoms with van der Waals surface area (Å²) >= 11 is 0. The summed E-state index contributed by atoms with van der Waals surface area (Å²) in [5, 5.41) is 5.82. The molecule has 4 aromatic rings. The molecule has 0 bridgehead atoms. The lowest BCUT2D eigenvalue weighted by molar-refractivity contribution is -0.118. The summed E-state index contributed by atoms with van der Waals surface area (Å²) in [4.78, 5) is 36.3. The fourth-order valence-corrected chi connectivity index (χ4v) is 3.50. The van der Waals surface area contributed by atoms with Gasteiger partial charge in [-0.15, -0.1) is 0 Å². The van der Waals surface area contributed by atoms with E-state index in [1.165, 1.54) is 6.92 Å². The van der Waals surface area contributed by atoms with Gasteiger partial charge >= 0.3 is 0 Å². The first-order valence-corrected chi connectivity index (χ1v) is 10.3. The number of nitrogens with one attached hydrogen (secondary N) is 2. The van der Waals surface area contributed by atoms with Gasteiger partial charge in [-0.25, -0.2) is 0 Å². The number of carbonyl (C=O) groups is 2. The highest BCUT2D eigenvalue weighted by molar-refractivity contribution is 5.93. The molecule has 0 aliphatic rings. The van der Waals surface area contributed by atoms with Crippen molar-refractivity contribution in [2.75, 3.05) is 17.2 Å². The van der Waals surface area contributed by atoms with Gasteiger partial charge in [-0.1, -0.05) is 30.3 Å². The van der Waals surface area contributed by atoms with Crippen molar-refractivity contribution in [1.29, 1.82) is 0 Å². The number of rotatable bonds is 6. The highest BCUT2D eigenvalue weighted by Gasteiger charge is 2.14. The Balaban J connectivity index is 1.45. The van der Waals surface area contributed by atoms with Crippen LogP contribution in [0.2, 0.25) is 0 Å². The smallest absolute Gasteiger partial charge is 0.262 e. The minimum absolute atomic E-state index is 0.119. The molecule has 166 valence electrons. The van der Waals surface area contributed by atoms with Crippen LogP contribution in [0.4, 0.5) is 11.4 Å². The molecular formula is C26H22N2O5. The molecule has 1 aromatic heterocycles. The van der Waals surface area contributed by atoms with Crippen LogP contribution in [0.25, 0.3) is 22.1 Å². The van der Waals surface area contributed by atoms with Crippen LogP contribution in [-0.4, -0.2) is 18.4 Å². The molecule has 33 heavy (non-hydrogen) atoms. The summed E-state index contributed by atoms with van der Waals surface area (Å²) in [5.74, 6) is 0.405. The van der Waals surface area contributed by atoms with Crippen molar-refractivity contribution in [3.63, 3.8) is 0 Å². The number of amides is 2. The van der Waals surface area contributed by atoms with Crippen molar-refractivity contribution < 1.29 is 18.7 Å². The minimum Gasteiger partial charge on any atom is -0.484 e. The Kier molecular flexibility index (Phi) is 6.22. The maximum atomic E-state index is 13.0. The van der Waals surface area contributed by atoms with E-state index in [-0.39, 0.29) is 23.9 Å². The topological polar surface area (TPSA) is 97.6 Å². The molecule has 0 aliphatic heterocycles. The van der Waals surface area contributed by atoms with Crippen molar-refractivity contribution in [1.82, 2.24) is 0 Å². The highest BCUT2D eigenvalue weighted by atomic mass is 16.5. The summed E-state index contributed by atoms with van der Waals surface area (Å²) in [6.45, 7) is 2.96. The Labute approximate surface area is 190 Å². The van der Waals surface area contributed by atoms with Crippen molar-refractivity contribution in [3.05, 3.63) is 88.8 Å². The average molecular weight is 442 g/mol. The Morgan fingerprint density at radius 1 is 0.909 bits per heavy atom. The third kappa shape index (κ3) is 5.10. The van der Waals surface area contributed by atoms with Gasteiger partial charge in [0.1, 0.15) is 17.1 Å². The normalized spacial score (nSPS) is 10.6. The quantitative estimate of drug-likeness (QED) is 0.449. The van der Waals surface area contributed by atoms with E-state index in [4.69, 9.17) is 9.15 Å². The van der Waals surface area contributed by atoms with Crippen LogP contribution in [-0.2, 0) is 9.59 Å². The number of fused-ring (bicyclic) bond motifs is 1. The van der Waals surface area contributed by atoms with Gasteiger partial charge in [-0.2, -0.15) is 0 Å². The first kappa shape index (κ1) is 21.8. The number of benzene rings is 3. The monoisotopic (exact) mass is 442 g/mol. The number of carbonyl (C=O) groups excluding carboxylic acids is 2. The zero-order valence-corrected chi connectivity index (χ0v) is 18.2. The van der Waals surface area contributed by atoms with Gasteiger partial charge in [0, 0.05) is 24.4 Å². The maximum absolute atomic E-state index is 13.0. The van der Waals surface area contributed by atoms with Gasteiger partial charge in [0.15, 0.2) is 6.61 Å². The lowest BCUT2D eigenvalue weighted by Gasteiger charge is -2.10. The van der Waals surface area contributed by atoms with E-state index < -0.39 is 0 Å². The van der Waals surface area contributed by atoms with Crippen molar-refractivity contribution in [3.8, 4) is 16.9 Å². The minimum atomic E-state index is -0.348. The van der Waals surface area contributed by atoms with E-state index in [1.807, 2.05) is 30.3 Å². The predicted octanol–water partition coefficient (Wildman–Crippen LogP) is 4.74. The Morgan fingerprint density at radius 3 is 2.24 bits per heavy atom. The molecule has 3 aromatic carbocycles. The third-order valence-electron chi connectivity index (χ3n) is 4.96. The lowest BCUT2D eigenvalue weighted by Crippen LogP contribution is -2.20. The molecule has 0 unspecified atom stereocenters. The van der Waals surface area contributed by atoms with Crippen molar-refractivity contribution in [2.45, 2.75) is 13.8 Å². The SMILES string of the molecule is CC(=O)Nc1ccc(NC(=O)COc2ccc3c(=O)c(-c4ccccc4)c(C)oc3c2)cc1. The van der Waals surface area contributed by atoms with Crippen LogP contribution >= 0.6 is 0 Å². The largest absolute Gasteiger partial charge is 0.484 e. The van der Waals surface area contributed by atoms with E-state index in [1.54, 1.807) is 49.4 Å². The number of hydrogen-bond donors (Lipinski definition) is 2. The molecule has 1 heterocycles. The van der Waals surface area contributed by atoms with Crippen molar-refractivity contribution >= 4 is 34.2 Å². The number of anilines is 2. The molecule has 0 fully saturated rings. The summed E-state index contributed by atoms with van der Waals surface area (Å²) < 4.78 is 11.5. The van der Waals surface area contributed by atoms with Crippen LogP contribution < -0.4 is 20.8 Å². The number of hydrogen-bond acceptors (Lipinski definition) is 5. The van der Waals surface area contributed by atoms with E-state index in [0.29, 0.717) is 39.4 Å². The van der Waals surface area contributed by atoms with Crippen LogP contribution in [0.1, 0.15) is 12.7 Å². The molecule has 7 heteroatoms. The molecule has 2 N–H and O–H groups in total. The fraction of sp³-hybridized carbons (Fsp3) is 0.115. The standard InChI is InChI=1S/C26H22N2O5/c1-16-25(18-6-4-3-5-7-18)26(31)22-13-12-21(14-23(22)33-16)32-15-24(30)28-20-10-8-19(9-11-20)27-17(2)29/h3-14H,15H2,1-2H3,(H,27,29)(H,28,30). The molecule has 0 aliphatic carbocycles. The van der Waals surface area contributed by atoms with Crippen LogP contribution in [0.15, 0.2) is 82.0 Å². The molecule has 0 spiro atoms. The van der Waals surface area contributed by atoms with Gasteiger partial charge in [-0.3, -0.25) is 14.4 Å². The third-order valence-corrected chi connectivity index (χ3v) is 4.96. The first-order valence-electron chi connectivity index (χ1n) is 10.3. The van der Waals surface area contributed by atoms with Gasteiger partial charge in [0.25, 0.3) is 5.91 Å². The molecule has 0 saturated carbocycles. The van der Waals surface area contributed by atoms with E-state index >= 15 is 0 Å². The maximum Gasteiger partial charge on any atom is 0.262 e. The van der Waals surface area contributed by atoms with Gasteiger partial charge in [0.05, 0.1) is 10.9 Å². The summed E-state index contributed by atoms with van der Waals surface area (Å²) in [6.07, 6.45) is 0. The average Bonchev–Trinajstić information content (AvgIpc) is 2.79. The van der Waals surface area contributed by atoms with Crippen LogP contribution in [0.3, 0.4) is 0 Å². The summed E-state index contributed by atoms with van der Waals surface area (Å²) in [5.41, 5.74) is 2.82. The molecular weight excluding hydrogens is 420 g/mol. The molecule has 0 saturated heterocycles. The molecule has 4 rings (SSSR count). The van der Waals surface area contributed by atoms with Crippen molar-refractivity contribution in [2.24, 2.45) is 0 Å². The second-order valence-electron chi connectivity index (χ2n) is 7.48. The van der Waals surface area contributed by atoms with E-state index in [9.17, 15) is 14.4 Å². The fourth-order valence-electron chi connectivity index (χ4n) is 3.50. The highest BCUT2D eigenvalue weighted by Crippen LogP contribution is 2.26. The van der Waals surface area contributed by atoms with Gasteiger partial charge in [-0.05, 0) is 48.9 Å². The zero-order chi connectivity index (χ0) is 23.4. The molecule has 2 amide bonds. The van der Waals surface area contributed by atoms with E-state index in [0.717, 1.165) is 5.56 Å². The molecule has 0 radical (unpaired) electrons.